The van der Waals surface area contributed by atoms with Crippen LogP contribution in [0.3, 0.4) is 0 Å². The van der Waals surface area contributed by atoms with Crippen LogP contribution in [0.15, 0.2) is 0 Å². The van der Waals surface area contributed by atoms with Crippen molar-refractivity contribution in [2.75, 3.05) is 0 Å². The molecule has 36 heavy (non-hydrogen) atoms. The summed E-state index contributed by atoms with van der Waals surface area (Å²) >= 11 is 0. The zero-order valence-electron chi connectivity index (χ0n) is 24.0. The van der Waals surface area contributed by atoms with Gasteiger partial charge in [-0.05, 0) is 87.0 Å². The lowest BCUT2D eigenvalue weighted by Gasteiger charge is -2.53. The first-order valence-electron chi connectivity index (χ1n) is 13.8. The van der Waals surface area contributed by atoms with Crippen molar-refractivity contribution >= 4 is 11.9 Å². The van der Waals surface area contributed by atoms with Crippen LogP contribution in [-0.2, 0) is 14.3 Å². The Bertz CT molecular complexity index is 727. The first-order chi connectivity index (χ1) is 16.4. The van der Waals surface area contributed by atoms with Gasteiger partial charge in [-0.3, -0.25) is 9.59 Å². The van der Waals surface area contributed by atoms with Gasteiger partial charge in [0.15, 0.2) is 0 Å². The van der Waals surface area contributed by atoms with Crippen LogP contribution in [0.2, 0.25) is 0 Å². The number of carboxylic acids is 1. The van der Waals surface area contributed by atoms with Gasteiger partial charge < -0.3 is 20.3 Å². The number of esters is 1. The van der Waals surface area contributed by atoms with Crippen LogP contribution >= 0.6 is 0 Å². The minimum atomic E-state index is -0.753. The van der Waals surface area contributed by atoms with Crippen LogP contribution in [0.25, 0.3) is 0 Å². The minimum absolute atomic E-state index is 0.0943. The summed E-state index contributed by atoms with van der Waals surface area (Å²) in [6, 6.07) is 0. The molecule has 1 unspecified atom stereocenters. The summed E-state index contributed by atoms with van der Waals surface area (Å²) in [6.07, 6.45) is 7.60. The molecule has 0 amide bonds. The Balaban J connectivity index is 2.12. The molecule has 0 aromatic carbocycles. The number of hydroxylamine groups is 4. The zero-order chi connectivity index (χ0) is 27.5. The number of nitrogens with zero attached hydrogens (tertiary/aromatic N) is 2. The van der Waals surface area contributed by atoms with Crippen molar-refractivity contribution in [3.63, 3.8) is 0 Å². The highest BCUT2D eigenvalue weighted by molar-refractivity contribution is 5.73. The Morgan fingerprint density at radius 2 is 1.17 bits per heavy atom. The van der Waals surface area contributed by atoms with E-state index in [-0.39, 0.29) is 30.3 Å². The Hall–Kier alpha value is -1.22. The molecule has 2 rings (SSSR count). The summed E-state index contributed by atoms with van der Waals surface area (Å²) in [4.78, 5) is 24.4. The summed E-state index contributed by atoms with van der Waals surface area (Å²) in [6.45, 7) is 16.0. The van der Waals surface area contributed by atoms with E-state index in [9.17, 15) is 20.0 Å². The van der Waals surface area contributed by atoms with Gasteiger partial charge in [-0.25, -0.2) is 0 Å². The molecule has 0 aromatic rings. The summed E-state index contributed by atoms with van der Waals surface area (Å²) in [7, 11) is 0. The molecule has 0 aromatic heterocycles. The normalized spacial score (nSPS) is 25.4. The Morgan fingerprint density at radius 3 is 1.64 bits per heavy atom. The number of rotatable bonds is 11. The second-order valence-electron chi connectivity index (χ2n) is 13.8. The maximum absolute atomic E-state index is 13.7. The first-order valence-corrected chi connectivity index (χ1v) is 13.8. The molecular weight excluding hydrogens is 460 g/mol. The third-order valence-electron chi connectivity index (χ3n) is 8.33. The van der Waals surface area contributed by atoms with Crippen molar-refractivity contribution in [2.24, 2.45) is 11.8 Å². The number of carbonyl (C=O) groups excluding carboxylic acids is 1. The standard InChI is InChI=1S/C28H52N2O6/c1-25(2)16-20(17-26(3,4)29(25)34)22(14-12-10-9-11-13-15-23(31)32)24(33)36-21-18-27(5,6)30(35)28(7,8)19-21/h20-22,34-35H,9-19H2,1-8H3,(H,31,32). The number of piperidine rings is 2. The van der Waals surface area contributed by atoms with E-state index in [1.807, 2.05) is 55.4 Å². The van der Waals surface area contributed by atoms with Crippen molar-refractivity contribution in [3.05, 3.63) is 0 Å². The molecule has 2 saturated heterocycles. The van der Waals surface area contributed by atoms with Crippen molar-refractivity contribution in [1.82, 2.24) is 10.1 Å². The van der Waals surface area contributed by atoms with Crippen molar-refractivity contribution in [2.45, 2.75) is 154 Å². The smallest absolute Gasteiger partial charge is 0.309 e. The Labute approximate surface area is 218 Å². The first kappa shape index (κ1) is 31.0. The largest absolute Gasteiger partial charge is 0.481 e. The molecule has 0 saturated carbocycles. The van der Waals surface area contributed by atoms with Crippen LogP contribution in [0.4, 0.5) is 0 Å². The molecule has 2 aliphatic heterocycles. The number of hydrogen-bond donors (Lipinski definition) is 3. The van der Waals surface area contributed by atoms with Gasteiger partial charge in [0.1, 0.15) is 6.10 Å². The van der Waals surface area contributed by atoms with Gasteiger partial charge >= 0.3 is 11.9 Å². The van der Waals surface area contributed by atoms with Gasteiger partial charge in [0.2, 0.25) is 0 Å². The zero-order valence-corrected chi connectivity index (χ0v) is 24.0. The molecule has 0 spiro atoms. The van der Waals surface area contributed by atoms with E-state index < -0.39 is 28.1 Å². The van der Waals surface area contributed by atoms with Crippen LogP contribution in [0, 0.1) is 11.8 Å². The van der Waals surface area contributed by atoms with Crippen LogP contribution in [0.5, 0.6) is 0 Å². The second-order valence-corrected chi connectivity index (χ2v) is 13.8. The van der Waals surface area contributed by atoms with Gasteiger partial charge in [-0.2, -0.15) is 10.1 Å². The predicted octanol–water partition coefficient (Wildman–Crippen LogP) is 6.03. The quantitative estimate of drug-likeness (QED) is 0.227. The number of hydrogen-bond acceptors (Lipinski definition) is 7. The number of ether oxygens (including phenoxy) is 1. The van der Waals surface area contributed by atoms with E-state index in [1.54, 1.807) is 0 Å². The summed E-state index contributed by atoms with van der Waals surface area (Å²) in [5, 5.41) is 33.1. The summed E-state index contributed by atoms with van der Waals surface area (Å²) in [5.74, 6) is -1.07. The van der Waals surface area contributed by atoms with E-state index in [4.69, 9.17) is 9.84 Å². The third kappa shape index (κ3) is 7.89. The molecule has 8 heteroatoms. The Kier molecular flexibility index (Phi) is 10.0. The lowest BCUT2D eigenvalue weighted by molar-refractivity contribution is -0.262. The average Bonchev–Trinajstić information content (AvgIpc) is 2.71. The van der Waals surface area contributed by atoms with Crippen LogP contribution in [0.1, 0.15) is 126 Å². The molecule has 1 atom stereocenters. The summed E-state index contributed by atoms with van der Waals surface area (Å²) < 4.78 is 6.19. The van der Waals surface area contributed by atoms with E-state index >= 15 is 0 Å². The van der Waals surface area contributed by atoms with Crippen molar-refractivity contribution < 1.29 is 29.8 Å². The predicted molar refractivity (Wildman–Crippen MR) is 139 cm³/mol. The number of carbonyl (C=O) groups is 2. The second kappa shape index (κ2) is 11.7. The molecule has 3 N–H and O–H groups in total. The maximum Gasteiger partial charge on any atom is 0.309 e. The highest BCUT2D eigenvalue weighted by Crippen LogP contribution is 2.45. The third-order valence-corrected chi connectivity index (χ3v) is 8.33. The van der Waals surface area contributed by atoms with E-state index in [0.29, 0.717) is 32.1 Å². The number of aliphatic carboxylic acids is 1. The monoisotopic (exact) mass is 512 g/mol. The number of carboxylic acid groups (broad SMARTS) is 1. The molecule has 2 aliphatic rings. The molecule has 2 fully saturated rings. The minimum Gasteiger partial charge on any atom is -0.481 e. The molecule has 8 nitrogen and oxygen atoms in total. The fourth-order valence-electron chi connectivity index (χ4n) is 6.86. The molecule has 2 heterocycles. The summed E-state index contributed by atoms with van der Waals surface area (Å²) in [5.41, 5.74) is -1.89. The van der Waals surface area contributed by atoms with Crippen molar-refractivity contribution in [1.29, 1.82) is 0 Å². The molecule has 0 aliphatic carbocycles. The van der Waals surface area contributed by atoms with Gasteiger partial charge in [0.25, 0.3) is 0 Å². The van der Waals surface area contributed by atoms with Crippen LogP contribution in [-0.4, -0.2) is 65.8 Å². The van der Waals surface area contributed by atoms with Crippen LogP contribution < -0.4 is 0 Å². The fraction of sp³-hybridized carbons (Fsp3) is 0.929. The van der Waals surface area contributed by atoms with Gasteiger partial charge in [-0.15, -0.1) is 0 Å². The van der Waals surface area contributed by atoms with Gasteiger partial charge in [0, 0.05) is 41.4 Å². The molecule has 210 valence electrons. The van der Waals surface area contributed by atoms with E-state index in [0.717, 1.165) is 32.1 Å². The average molecular weight is 513 g/mol. The Morgan fingerprint density at radius 1 is 0.750 bits per heavy atom. The van der Waals surface area contributed by atoms with Gasteiger partial charge in [-0.1, -0.05) is 25.7 Å². The molecule has 0 bridgehead atoms. The lowest BCUT2D eigenvalue weighted by atomic mass is 9.69. The van der Waals surface area contributed by atoms with Gasteiger partial charge in [0.05, 0.1) is 5.92 Å². The van der Waals surface area contributed by atoms with E-state index in [2.05, 4.69) is 0 Å². The lowest BCUT2D eigenvalue weighted by Crippen LogP contribution is -2.61. The fourth-order valence-corrected chi connectivity index (χ4v) is 6.86. The van der Waals surface area contributed by atoms with Crippen molar-refractivity contribution in [3.8, 4) is 0 Å². The molecule has 0 radical (unpaired) electrons. The number of unbranched alkanes of at least 4 members (excludes halogenated alkanes) is 4. The highest BCUT2D eigenvalue weighted by Gasteiger charge is 2.50. The highest BCUT2D eigenvalue weighted by atomic mass is 16.5. The maximum atomic E-state index is 13.7. The SMILES string of the molecule is CC1(C)CC(OC(=O)C(CCCCCCCC(=O)O)C2CC(C)(C)N(O)C(C)(C)C2)CC(C)(C)N1O. The molecular formula is C28H52N2O6. The topological polar surface area (TPSA) is 111 Å². The van der Waals surface area contributed by atoms with E-state index in [1.165, 1.54) is 10.1 Å².